The fraction of sp³-hybridized carbons (Fsp3) is 0.417. The molecule has 0 saturated heterocycles. The monoisotopic (exact) mass is 228 g/mol. The van der Waals surface area contributed by atoms with Crippen molar-refractivity contribution in [2.24, 2.45) is 5.92 Å². The third-order valence-electron chi connectivity index (χ3n) is 2.41. The van der Waals surface area contributed by atoms with E-state index in [-0.39, 0.29) is 17.3 Å². The smallest absolute Gasteiger partial charge is 0.165 e. The third-order valence-corrected chi connectivity index (χ3v) is 2.41. The molecule has 1 atom stereocenters. The van der Waals surface area contributed by atoms with Gasteiger partial charge in [0.25, 0.3) is 0 Å². The molecule has 0 N–H and O–H groups in total. The Morgan fingerprint density at radius 3 is 2.62 bits per heavy atom. The normalized spacial score (nSPS) is 12.5. The zero-order chi connectivity index (χ0) is 12.1. The van der Waals surface area contributed by atoms with E-state index < -0.39 is 11.6 Å². The van der Waals surface area contributed by atoms with Gasteiger partial charge in [0.15, 0.2) is 17.4 Å². The summed E-state index contributed by atoms with van der Waals surface area (Å²) in [6, 6.07) is 3.19. The average Bonchev–Trinajstić information content (AvgIpc) is 2.28. The van der Waals surface area contributed by atoms with Crippen LogP contribution in [0.2, 0.25) is 0 Å². The van der Waals surface area contributed by atoms with E-state index in [1.165, 1.54) is 6.07 Å². The first-order valence-electron chi connectivity index (χ1n) is 5.04. The van der Waals surface area contributed by atoms with E-state index in [1.807, 2.05) is 0 Å². The highest BCUT2D eigenvalue weighted by molar-refractivity contribution is 5.97. The molecule has 1 aromatic rings. The minimum Gasteiger partial charge on any atom is -0.385 e. The van der Waals surface area contributed by atoms with E-state index in [1.54, 1.807) is 14.0 Å². The largest absolute Gasteiger partial charge is 0.385 e. The lowest BCUT2D eigenvalue weighted by atomic mass is 9.97. The lowest BCUT2D eigenvalue weighted by Gasteiger charge is -2.09. The number of carbonyl (C=O) groups is 1. The second-order valence-electron chi connectivity index (χ2n) is 3.68. The van der Waals surface area contributed by atoms with E-state index in [4.69, 9.17) is 4.74 Å². The second-order valence-corrected chi connectivity index (χ2v) is 3.68. The van der Waals surface area contributed by atoms with Gasteiger partial charge in [-0.2, -0.15) is 0 Å². The van der Waals surface area contributed by atoms with E-state index in [2.05, 4.69) is 0 Å². The van der Waals surface area contributed by atoms with Gasteiger partial charge in [-0.05, 0) is 24.6 Å². The van der Waals surface area contributed by atoms with E-state index in [0.717, 1.165) is 12.1 Å². The average molecular weight is 228 g/mol. The molecule has 0 spiro atoms. The summed E-state index contributed by atoms with van der Waals surface area (Å²) in [5.74, 6) is -2.40. The maximum Gasteiger partial charge on any atom is 0.165 e. The molecule has 0 aliphatic rings. The summed E-state index contributed by atoms with van der Waals surface area (Å²) in [6.45, 7) is 2.21. The molecule has 0 aliphatic heterocycles. The second kappa shape index (κ2) is 5.70. The fourth-order valence-electron chi connectivity index (χ4n) is 1.36. The molecular weight excluding hydrogens is 214 g/mol. The summed E-state index contributed by atoms with van der Waals surface area (Å²) in [4.78, 5) is 11.8. The standard InChI is InChI=1S/C12H14F2O2/c1-8(5-6-16-2)12(15)9-3-4-10(13)11(14)7-9/h3-4,7-8H,5-6H2,1-2H3. The number of carbonyl (C=O) groups excluding carboxylic acids is 1. The molecule has 0 aliphatic carbocycles. The van der Waals surface area contributed by atoms with Gasteiger partial charge >= 0.3 is 0 Å². The van der Waals surface area contributed by atoms with Gasteiger partial charge in [0.05, 0.1) is 0 Å². The number of benzene rings is 1. The molecule has 0 aromatic heterocycles. The Labute approximate surface area is 93.2 Å². The number of ketones is 1. The zero-order valence-corrected chi connectivity index (χ0v) is 9.30. The van der Waals surface area contributed by atoms with Crippen molar-refractivity contribution in [3.05, 3.63) is 35.4 Å². The fourth-order valence-corrected chi connectivity index (χ4v) is 1.36. The molecule has 1 rings (SSSR count). The van der Waals surface area contributed by atoms with Crippen molar-refractivity contribution in [2.75, 3.05) is 13.7 Å². The van der Waals surface area contributed by atoms with Crippen LogP contribution in [0.3, 0.4) is 0 Å². The maximum atomic E-state index is 12.9. The van der Waals surface area contributed by atoms with Crippen molar-refractivity contribution in [1.29, 1.82) is 0 Å². The van der Waals surface area contributed by atoms with Crippen LogP contribution < -0.4 is 0 Å². The molecule has 0 heterocycles. The SMILES string of the molecule is COCCC(C)C(=O)c1ccc(F)c(F)c1. The molecule has 1 aromatic carbocycles. The van der Waals surface area contributed by atoms with Crippen LogP contribution in [0.5, 0.6) is 0 Å². The Kier molecular flexibility index (Phi) is 4.55. The number of hydrogen-bond acceptors (Lipinski definition) is 2. The molecule has 0 saturated carbocycles. The zero-order valence-electron chi connectivity index (χ0n) is 9.30. The van der Waals surface area contributed by atoms with Crippen LogP contribution in [-0.4, -0.2) is 19.5 Å². The van der Waals surface area contributed by atoms with Crippen molar-refractivity contribution in [2.45, 2.75) is 13.3 Å². The van der Waals surface area contributed by atoms with Gasteiger partial charge in [-0.1, -0.05) is 6.92 Å². The first kappa shape index (κ1) is 12.8. The van der Waals surface area contributed by atoms with Gasteiger partial charge in [-0.15, -0.1) is 0 Å². The minimum atomic E-state index is -0.996. The van der Waals surface area contributed by atoms with Crippen LogP contribution in [0.25, 0.3) is 0 Å². The molecule has 1 unspecified atom stereocenters. The van der Waals surface area contributed by atoms with Gasteiger partial charge in [0, 0.05) is 25.2 Å². The van der Waals surface area contributed by atoms with Crippen molar-refractivity contribution >= 4 is 5.78 Å². The van der Waals surface area contributed by atoms with Crippen LogP contribution in [0.1, 0.15) is 23.7 Å². The van der Waals surface area contributed by atoms with Gasteiger partial charge in [0.1, 0.15) is 0 Å². The highest BCUT2D eigenvalue weighted by Crippen LogP contribution is 2.15. The highest BCUT2D eigenvalue weighted by Gasteiger charge is 2.16. The molecule has 0 radical (unpaired) electrons. The third kappa shape index (κ3) is 3.10. The van der Waals surface area contributed by atoms with E-state index in [9.17, 15) is 13.6 Å². The summed E-state index contributed by atoms with van der Waals surface area (Å²) in [5.41, 5.74) is 0.197. The summed E-state index contributed by atoms with van der Waals surface area (Å²) in [6.07, 6.45) is 0.564. The van der Waals surface area contributed by atoms with Crippen LogP contribution in [0.4, 0.5) is 8.78 Å². The summed E-state index contributed by atoms with van der Waals surface area (Å²) in [7, 11) is 1.55. The topological polar surface area (TPSA) is 26.3 Å². The predicted molar refractivity (Wildman–Crippen MR) is 56.3 cm³/mol. The Hall–Kier alpha value is -1.29. The molecular formula is C12H14F2O2. The van der Waals surface area contributed by atoms with Crippen molar-refractivity contribution < 1.29 is 18.3 Å². The first-order chi connectivity index (χ1) is 7.56. The van der Waals surface area contributed by atoms with E-state index in [0.29, 0.717) is 13.0 Å². The van der Waals surface area contributed by atoms with Gasteiger partial charge < -0.3 is 4.74 Å². The molecule has 0 fully saturated rings. The Morgan fingerprint density at radius 2 is 2.06 bits per heavy atom. The van der Waals surface area contributed by atoms with Crippen molar-refractivity contribution in [3.63, 3.8) is 0 Å². The van der Waals surface area contributed by atoms with Gasteiger partial charge in [-0.25, -0.2) is 8.78 Å². The van der Waals surface area contributed by atoms with Gasteiger partial charge in [0.2, 0.25) is 0 Å². The molecule has 2 nitrogen and oxygen atoms in total. The van der Waals surface area contributed by atoms with E-state index >= 15 is 0 Å². The Bertz CT molecular complexity index is 377. The number of Topliss-reactive ketones (excluding diaryl/α,β-unsaturated/α-hetero) is 1. The number of rotatable bonds is 5. The van der Waals surface area contributed by atoms with Crippen LogP contribution >= 0.6 is 0 Å². The van der Waals surface area contributed by atoms with Crippen molar-refractivity contribution in [1.82, 2.24) is 0 Å². The van der Waals surface area contributed by atoms with Crippen LogP contribution in [0, 0.1) is 17.6 Å². The Morgan fingerprint density at radius 1 is 1.38 bits per heavy atom. The van der Waals surface area contributed by atoms with Gasteiger partial charge in [-0.3, -0.25) is 4.79 Å². The summed E-state index contributed by atoms with van der Waals surface area (Å²) < 4.78 is 30.4. The predicted octanol–water partition coefficient (Wildman–Crippen LogP) is 2.82. The molecule has 0 bridgehead atoms. The van der Waals surface area contributed by atoms with Crippen LogP contribution in [0.15, 0.2) is 18.2 Å². The number of halogens is 2. The molecule has 16 heavy (non-hydrogen) atoms. The number of methoxy groups -OCH3 is 1. The summed E-state index contributed by atoms with van der Waals surface area (Å²) >= 11 is 0. The molecule has 4 heteroatoms. The minimum absolute atomic E-state index is 0.197. The molecule has 88 valence electrons. The lowest BCUT2D eigenvalue weighted by Crippen LogP contribution is -2.13. The van der Waals surface area contributed by atoms with Crippen LogP contribution in [-0.2, 0) is 4.74 Å². The highest BCUT2D eigenvalue weighted by atomic mass is 19.2. The first-order valence-corrected chi connectivity index (χ1v) is 5.04. The number of hydrogen-bond donors (Lipinski definition) is 0. The summed E-state index contributed by atoms with van der Waals surface area (Å²) in [5, 5.41) is 0. The molecule has 0 amide bonds. The lowest BCUT2D eigenvalue weighted by molar-refractivity contribution is 0.0893. The number of ether oxygens (including phenoxy) is 1. The maximum absolute atomic E-state index is 12.9. The quantitative estimate of drug-likeness (QED) is 0.724. The van der Waals surface area contributed by atoms with Crippen molar-refractivity contribution in [3.8, 4) is 0 Å². The Balaban J connectivity index is 2.76.